The van der Waals surface area contributed by atoms with Gasteiger partial charge >= 0.3 is 12.2 Å². The molecule has 2 aromatic carbocycles. The standard InChI is InChI=1S/C28H31F3N4O5/c1-15(2)23(24(37)22-16(3)25(38)35-26(22)39)34-21(36)13-20(18-9-5-4-6-10-18)33-27(40)32-14-17-8-7-11-19(12-17)28(29,30)31/h4-12,15,20,23,35,38-39H,13-14H2,1-3H3,(H,34,36)(H2,32,33,40)/t20?,23-/m0/s1. The van der Waals surface area contributed by atoms with E-state index in [2.05, 4.69) is 20.9 Å². The number of amides is 3. The molecule has 40 heavy (non-hydrogen) atoms. The second-order valence-corrected chi connectivity index (χ2v) is 9.67. The van der Waals surface area contributed by atoms with Crippen molar-refractivity contribution in [3.05, 3.63) is 82.4 Å². The molecule has 3 amide bonds. The number of nitrogens with one attached hydrogen (secondary N) is 4. The lowest BCUT2D eigenvalue weighted by atomic mass is 9.93. The third kappa shape index (κ3) is 7.55. The summed E-state index contributed by atoms with van der Waals surface area (Å²) in [5.74, 6) is -2.43. The molecule has 3 rings (SSSR count). The molecule has 0 saturated carbocycles. The topological polar surface area (TPSA) is 144 Å². The summed E-state index contributed by atoms with van der Waals surface area (Å²) in [4.78, 5) is 41.2. The Kier molecular flexibility index (Phi) is 9.46. The maximum absolute atomic E-state index is 13.2. The average molecular weight is 561 g/mol. The number of benzene rings is 2. The van der Waals surface area contributed by atoms with Gasteiger partial charge in [0.25, 0.3) is 0 Å². The van der Waals surface area contributed by atoms with Gasteiger partial charge in [0.1, 0.15) is 0 Å². The van der Waals surface area contributed by atoms with Gasteiger partial charge in [0.2, 0.25) is 11.8 Å². The predicted molar refractivity (Wildman–Crippen MR) is 141 cm³/mol. The van der Waals surface area contributed by atoms with Gasteiger partial charge < -0.3 is 26.2 Å². The molecule has 9 nitrogen and oxygen atoms in total. The summed E-state index contributed by atoms with van der Waals surface area (Å²) in [6.45, 7) is 4.68. The summed E-state index contributed by atoms with van der Waals surface area (Å²) in [5, 5.41) is 27.7. The molecule has 3 aromatic rings. The first-order chi connectivity index (χ1) is 18.8. The molecule has 1 unspecified atom stereocenters. The van der Waals surface area contributed by atoms with Crippen LogP contribution in [0.15, 0.2) is 54.6 Å². The molecule has 0 saturated heterocycles. The Morgan fingerprint density at radius 3 is 2.20 bits per heavy atom. The van der Waals surface area contributed by atoms with E-state index in [1.807, 2.05) is 0 Å². The number of urea groups is 1. The molecule has 214 valence electrons. The van der Waals surface area contributed by atoms with E-state index in [0.29, 0.717) is 5.56 Å². The quantitative estimate of drug-likeness (QED) is 0.199. The van der Waals surface area contributed by atoms with E-state index in [-0.39, 0.29) is 41.5 Å². The highest BCUT2D eigenvalue weighted by Gasteiger charge is 2.32. The molecule has 2 atom stereocenters. The summed E-state index contributed by atoms with van der Waals surface area (Å²) in [6, 6.07) is 10.6. The van der Waals surface area contributed by atoms with Gasteiger partial charge in [-0.2, -0.15) is 13.2 Å². The number of Topliss-reactive ketones (excluding diaryl/α,β-unsaturated/α-hetero) is 1. The zero-order chi connectivity index (χ0) is 29.6. The Bertz CT molecular complexity index is 1360. The van der Waals surface area contributed by atoms with Crippen LogP contribution in [0.25, 0.3) is 0 Å². The van der Waals surface area contributed by atoms with Crippen molar-refractivity contribution in [3.63, 3.8) is 0 Å². The second kappa shape index (κ2) is 12.6. The molecule has 6 N–H and O–H groups in total. The molecule has 0 fully saturated rings. The van der Waals surface area contributed by atoms with E-state index < -0.39 is 47.4 Å². The summed E-state index contributed by atoms with van der Waals surface area (Å²) in [7, 11) is 0. The zero-order valence-corrected chi connectivity index (χ0v) is 22.1. The monoisotopic (exact) mass is 560 g/mol. The van der Waals surface area contributed by atoms with Crippen LogP contribution in [0.1, 0.15) is 58.9 Å². The molecule has 0 bridgehead atoms. The molecule has 0 aliphatic heterocycles. The van der Waals surface area contributed by atoms with Crippen LogP contribution < -0.4 is 16.0 Å². The maximum atomic E-state index is 13.2. The van der Waals surface area contributed by atoms with Gasteiger partial charge in [-0.05, 0) is 36.1 Å². The number of alkyl halides is 3. The fourth-order valence-corrected chi connectivity index (χ4v) is 4.16. The minimum atomic E-state index is -4.52. The van der Waals surface area contributed by atoms with Gasteiger partial charge in [-0.1, -0.05) is 56.3 Å². The van der Waals surface area contributed by atoms with Gasteiger partial charge in [-0.25, -0.2) is 4.79 Å². The number of H-pyrrole nitrogens is 1. The Hall–Kier alpha value is -4.48. The van der Waals surface area contributed by atoms with Crippen molar-refractivity contribution in [3.8, 4) is 11.8 Å². The van der Waals surface area contributed by atoms with Crippen LogP contribution in [0.3, 0.4) is 0 Å². The van der Waals surface area contributed by atoms with Gasteiger partial charge in [-0.15, -0.1) is 0 Å². The molecular formula is C28H31F3N4O5. The minimum absolute atomic E-state index is 0.136. The maximum Gasteiger partial charge on any atom is 0.416 e. The van der Waals surface area contributed by atoms with Crippen LogP contribution in [0, 0.1) is 12.8 Å². The van der Waals surface area contributed by atoms with Crippen LogP contribution in [-0.4, -0.2) is 39.0 Å². The fraction of sp³-hybridized carbons (Fsp3) is 0.321. The van der Waals surface area contributed by atoms with Gasteiger partial charge in [0.15, 0.2) is 11.7 Å². The lowest BCUT2D eigenvalue weighted by Crippen LogP contribution is -2.46. The fourth-order valence-electron chi connectivity index (χ4n) is 4.16. The molecule has 0 radical (unpaired) electrons. The first-order valence-electron chi connectivity index (χ1n) is 12.5. The number of ketones is 1. The summed E-state index contributed by atoms with van der Waals surface area (Å²) < 4.78 is 39.0. The number of halogens is 3. The van der Waals surface area contributed by atoms with Crippen molar-refractivity contribution < 1.29 is 37.8 Å². The number of aromatic hydroxyl groups is 2. The van der Waals surface area contributed by atoms with E-state index in [0.717, 1.165) is 12.1 Å². The third-order valence-corrected chi connectivity index (χ3v) is 6.32. The van der Waals surface area contributed by atoms with Crippen molar-refractivity contribution in [2.75, 3.05) is 0 Å². The summed E-state index contributed by atoms with van der Waals surface area (Å²) >= 11 is 0. The second-order valence-electron chi connectivity index (χ2n) is 9.67. The molecule has 1 heterocycles. The van der Waals surface area contributed by atoms with Crippen LogP contribution >= 0.6 is 0 Å². The number of carbonyl (C=O) groups is 3. The average Bonchev–Trinajstić information content (AvgIpc) is 3.15. The van der Waals surface area contributed by atoms with E-state index in [4.69, 9.17) is 0 Å². The summed E-state index contributed by atoms with van der Waals surface area (Å²) in [5.41, 5.74) is 0.000442. The Labute approximate surface area is 228 Å². The zero-order valence-electron chi connectivity index (χ0n) is 22.1. The lowest BCUT2D eigenvalue weighted by molar-refractivity contribution is -0.137. The Morgan fingerprint density at radius 2 is 1.62 bits per heavy atom. The smallest absolute Gasteiger partial charge is 0.416 e. The Balaban J connectivity index is 1.71. The van der Waals surface area contributed by atoms with E-state index in [1.165, 1.54) is 19.1 Å². The van der Waals surface area contributed by atoms with Gasteiger partial charge in [0.05, 0.1) is 29.6 Å². The summed E-state index contributed by atoms with van der Waals surface area (Å²) in [6.07, 6.45) is -4.78. The van der Waals surface area contributed by atoms with Crippen LogP contribution in [0.5, 0.6) is 11.8 Å². The molecule has 0 aliphatic carbocycles. The van der Waals surface area contributed by atoms with E-state index >= 15 is 0 Å². The highest BCUT2D eigenvalue weighted by Crippen LogP contribution is 2.31. The molecule has 0 spiro atoms. The first-order valence-corrected chi connectivity index (χ1v) is 12.5. The largest absolute Gasteiger partial charge is 0.494 e. The number of hydrogen-bond acceptors (Lipinski definition) is 5. The van der Waals surface area contributed by atoms with E-state index in [9.17, 15) is 37.8 Å². The van der Waals surface area contributed by atoms with E-state index in [1.54, 1.807) is 44.2 Å². The number of carbonyl (C=O) groups excluding carboxylic acids is 3. The SMILES string of the molecule is Cc1c(O)[nH]c(O)c1C(=O)[C@@H](NC(=O)CC(NC(=O)NCc1cccc(C(F)(F)F)c1)c1ccccc1)C(C)C. The normalized spacial score (nSPS) is 13.0. The van der Waals surface area contributed by atoms with Crippen LogP contribution in [-0.2, 0) is 17.5 Å². The number of hydrogen-bond donors (Lipinski definition) is 6. The van der Waals surface area contributed by atoms with Crippen molar-refractivity contribution in [2.24, 2.45) is 5.92 Å². The number of aromatic nitrogens is 1. The molecular weight excluding hydrogens is 529 g/mol. The van der Waals surface area contributed by atoms with Crippen molar-refractivity contribution in [1.82, 2.24) is 20.9 Å². The highest BCUT2D eigenvalue weighted by molar-refractivity contribution is 6.05. The molecule has 12 heteroatoms. The third-order valence-electron chi connectivity index (χ3n) is 6.32. The lowest BCUT2D eigenvalue weighted by Gasteiger charge is -2.24. The van der Waals surface area contributed by atoms with Gasteiger partial charge in [-0.3, -0.25) is 14.6 Å². The highest BCUT2D eigenvalue weighted by atomic mass is 19.4. The van der Waals surface area contributed by atoms with Crippen LogP contribution in [0.4, 0.5) is 18.0 Å². The molecule has 1 aromatic heterocycles. The first kappa shape index (κ1) is 30.1. The van der Waals surface area contributed by atoms with Crippen molar-refractivity contribution in [1.29, 1.82) is 0 Å². The predicted octanol–water partition coefficient (Wildman–Crippen LogP) is 4.71. The van der Waals surface area contributed by atoms with Crippen LogP contribution in [0.2, 0.25) is 0 Å². The molecule has 0 aliphatic rings. The Morgan fingerprint density at radius 1 is 0.950 bits per heavy atom. The van der Waals surface area contributed by atoms with Gasteiger partial charge in [0, 0.05) is 12.1 Å². The van der Waals surface area contributed by atoms with Crippen molar-refractivity contribution >= 4 is 17.7 Å². The van der Waals surface area contributed by atoms with Crippen molar-refractivity contribution in [2.45, 2.75) is 52.0 Å². The number of rotatable bonds is 10. The minimum Gasteiger partial charge on any atom is -0.494 e. The number of aromatic amines is 1.